The summed E-state index contributed by atoms with van der Waals surface area (Å²) in [7, 11) is 0. The van der Waals surface area contributed by atoms with E-state index in [-0.39, 0.29) is 5.82 Å². The lowest BCUT2D eigenvalue weighted by atomic mass is 9.89. The number of carbonyl (C=O) groups excluding carboxylic acids is 1. The van der Waals surface area contributed by atoms with E-state index in [0.29, 0.717) is 13.1 Å². The van der Waals surface area contributed by atoms with Gasteiger partial charge in [0.1, 0.15) is 5.82 Å². The molecule has 6 heteroatoms. The minimum atomic E-state index is -1.38. The Kier molecular flexibility index (Phi) is 7.97. The topological polar surface area (TPSA) is 60.9 Å². The van der Waals surface area contributed by atoms with Gasteiger partial charge in [-0.2, -0.15) is 0 Å². The fourth-order valence-corrected chi connectivity index (χ4v) is 4.08. The van der Waals surface area contributed by atoms with Gasteiger partial charge in [-0.15, -0.1) is 0 Å². The van der Waals surface area contributed by atoms with E-state index in [2.05, 4.69) is 4.90 Å². The molecule has 2 aromatic carbocycles. The van der Waals surface area contributed by atoms with Crippen LogP contribution < -0.4 is 0 Å². The Morgan fingerprint density at radius 2 is 1.40 bits per heavy atom. The van der Waals surface area contributed by atoms with Crippen molar-refractivity contribution in [3.05, 3.63) is 71.5 Å². The number of carboxylic acids is 1. The number of benzene rings is 2. The van der Waals surface area contributed by atoms with Crippen LogP contribution in [0.3, 0.4) is 0 Å². The highest BCUT2D eigenvalue weighted by Gasteiger charge is 2.25. The highest BCUT2D eigenvalue weighted by atomic mass is 19.1. The molecule has 0 saturated carbocycles. The number of carbonyl (C=O) groups is 2. The Morgan fingerprint density at radius 1 is 0.833 bits per heavy atom. The number of hydrogen-bond acceptors (Lipinski definition) is 3. The first kappa shape index (κ1) is 22.0. The van der Waals surface area contributed by atoms with Crippen molar-refractivity contribution in [2.24, 2.45) is 5.92 Å². The Morgan fingerprint density at radius 3 is 1.83 bits per heavy atom. The van der Waals surface area contributed by atoms with Crippen molar-refractivity contribution in [3.63, 3.8) is 0 Å². The van der Waals surface area contributed by atoms with Gasteiger partial charge in [0.2, 0.25) is 0 Å². The number of piperidine rings is 3. The van der Waals surface area contributed by atoms with Gasteiger partial charge in [-0.1, -0.05) is 42.5 Å². The van der Waals surface area contributed by atoms with Crippen molar-refractivity contribution < 1.29 is 19.1 Å². The van der Waals surface area contributed by atoms with E-state index in [0.717, 1.165) is 17.9 Å². The molecule has 4 heterocycles. The first-order chi connectivity index (χ1) is 14.5. The molecular formula is C24H29FN2O3. The van der Waals surface area contributed by atoms with Crippen molar-refractivity contribution in [1.82, 2.24) is 9.80 Å². The maximum absolute atomic E-state index is 11.9. The van der Waals surface area contributed by atoms with Gasteiger partial charge in [0.05, 0.1) is 0 Å². The zero-order valence-corrected chi connectivity index (χ0v) is 17.2. The van der Waals surface area contributed by atoms with Crippen molar-refractivity contribution in [2.45, 2.75) is 32.2 Å². The van der Waals surface area contributed by atoms with Crippen LogP contribution in [0.4, 0.5) is 4.39 Å². The van der Waals surface area contributed by atoms with Crippen LogP contribution in [0.2, 0.25) is 0 Å². The third-order valence-corrected chi connectivity index (χ3v) is 5.89. The number of carboxylic acid groups (broad SMARTS) is 1. The first-order valence-electron chi connectivity index (χ1n) is 10.5. The molecule has 2 bridgehead atoms. The van der Waals surface area contributed by atoms with E-state index >= 15 is 0 Å². The smallest absolute Gasteiger partial charge is 0.394 e. The summed E-state index contributed by atoms with van der Waals surface area (Å²) in [5, 5.41) is 8.59. The summed E-state index contributed by atoms with van der Waals surface area (Å²) < 4.78 is 11.9. The van der Waals surface area contributed by atoms with Crippen LogP contribution in [0.15, 0.2) is 54.6 Å². The van der Waals surface area contributed by atoms with Crippen molar-refractivity contribution in [1.29, 1.82) is 0 Å². The van der Waals surface area contributed by atoms with E-state index in [1.807, 2.05) is 24.3 Å². The molecule has 30 heavy (non-hydrogen) atoms. The molecule has 1 amide bonds. The molecule has 4 aliphatic rings. The van der Waals surface area contributed by atoms with Gasteiger partial charge >= 0.3 is 11.9 Å². The molecule has 2 aromatic rings. The molecule has 0 atom stereocenters. The molecule has 3 fully saturated rings. The molecule has 0 aromatic heterocycles. The van der Waals surface area contributed by atoms with E-state index in [1.165, 1.54) is 61.5 Å². The van der Waals surface area contributed by atoms with Gasteiger partial charge in [-0.25, -0.2) is 9.18 Å². The number of halogens is 1. The summed E-state index contributed by atoms with van der Waals surface area (Å²) in [5.41, 5.74) is 2.24. The molecule has 5 nitrogen and oxygen atoms in total. The quantitative estimate of drug-likeness (QED) is 0.672. The standard InChI is InChI=1S/C11H11NO3.C7H13N.C6H5F/c13-10(11(14)15)12-6-5-8-3-1-2-4-9(8)7-12;1-4-8-5-2-7(1)3-6-8;7-6-4-2-1-3-5-6/h1-4H,5-7H2,(H,14,15);7H,1-6H2;1-5H. The summed E-state index contributed by atoms with van der Waals surface area (Å²) in [6.45, 7) is 5.07. The number of nitrogens with zero attached hydrogens (tertiary/aromatic N) is 2. The molecule has 1 N–H and O–H groups in total. The van der Waals surface area contributed by atoms with E-state index in [9.17, 15) is 14.0 Å². The predicted molar refractivity (Wildman–Crippen MR) is 113 cm³/mol. The average molecular weight is 413 g/mol. The van der Waals surface area contributed by atoms with Gasteiger partial charge in [0.25, 0.3) is 0 Å². The lowest BCUT2D eigenvalue weighted by Gasteiger charge is -2.38. The zero-order chi connectivity index (χ0) is 21.3. The molecule has 0 spiro atoms. The average Bonchev–Trinajstić information content (AvgIpc) is 2.81. The molecule has 0 radical (unpaired) electrons. The highest BCUT2D eigenvalue weighted by molar-refractivity contribution is 6.31. The largest absolute Gasteiger partial charge is 0.474 e. The number of amides is 1. The normalized spacial score (nSPS) is 21.3. The van der Waals surface area contributed by atoms with Crippen LogP contribution in [-0.4, -0.2) is 53.0 Å². The summed E-state index contributed by atoms with van der Waals surface area (Å²) in [6.07, 6.45) is 5.19. The van der Waals surface area contributed by atoms with E-state index in [4.69, 9.17) is 5.11 Å². The number of fused-ring (bicyclic) bond motifs is 4. The van der Waals surface area contributed by atoms with E-state index in [1.54, 1.807) is 18.2 Å². The molecule has 3 saturated heterocycles. The second-order valence-electron chi connectivity index (χ2n) is 7.92. The molecule has 0 aliphatic carbocycles. The SMILES string of the molecule is C1CN2CCC1CC2.Fc1ccccc1.O=C(O)C(=O)N1CCc2ccccc2C1. The Balaban J connectivity index is 0.000000142. The van der Waals surface area contributed by atoms with Crippen LogP contribution in [-0.2, 0) is 22.6 Å². The van der Waals surface area contributed by atoms with Gasteiger partial charge in [-0.3, -0.25) is 4.79 Å². The van der Waals surface area contributed by atoms with Crippen molar-refractivity contribution >= 4 is 11.9 Å². The van der Waals surface area contributed by atoms with E-state index < -0.39 is 11.9 Å². The maximum Gasteiger partial charge on any atom is 0.394 e. The summed E-state index contributed by atoms with van der Waals surface area (Å²) in [6, 6.07) is 15.7. The molecule has 160 valence electrons. The number of aliphatic carboxylic acids is 1. The fraction of sp³-hybridized carbons (Fsp3) is 0.417. The highest BCUT2D eigenvalue weighted by Crippen LogP contribution is 2.26. The minimum absolute atomic E-state index is 0.178. The van der Waals surface area contributed by atoms with Crippen LogP contribution in [0.5, 0.6) is 0 Å². The Labute approximate surface area is 177 Å². The lowest BCUT2D eigenvalue weighted by Crippen LogP contribution is -2.41. The van der Waals surface area contributed by atoms with Gasteiger partial charge in [0.15, 0.2) is 0 Å². The summed E-state index contributed by atoms with van der Waals surface area (Å²) in [4.78, 5) is 25.7. The zero-order valence-electron chi connectivity index (χ0n) is 17.2. The third-order valence-electron chi connectivity index (χ3n) is 5.89. The van der Waals surface area contributed by atoms with Crippen LogP contribution >= 0.6 is 0 Å². The lowest BCUT2D eigenvalue weighted by molar-refractivity contribution is -0.156. The van der Waals surface area contributed by atoms with Gasteiger partial charge < -0.3 is 14.9 Å². The van der Waals surface area contributed by atoms with Crippen LogP contribution in [0.1, 0.15) is 30.4 Å². The second kappa shape index (κ2) is 10.9. The summed E-state index contributed by atoms with van der Waals surface area (Å²) in [5.74, 6) is -1.26. The predicted octanol–water partition coefficient (Wildman–Crippen LogP) is 3.58. The van der Waals surface area contributed by atoms with Crippen molar-refractivity contribution in [2.75, 3.05) is 26.2 Å². The molecule has 4 aliphatic heterocycles. The first-order valence-corrected chi connectivity index (χ1v) is 10.5. The fourth-order valence-electron chi connectivity index (χ4n) is 4.08. The Hall–Kier alpha value is -2.73. The van der Waals surface area contributed by atoms with Crippen molar-refractivity contribution in [3.8, 4) is 0 Å². The van der Waals surface area contributed by atoms with Crippen LogP contribution in [0.25, 0.3) is 0 Å². The summed E-state index contributed by atoms with van der Waals surface area (Å²) >= 11 is 0. The molecule has 0 unspecified atom stereocenters. The second-order valence-corrected chi connectivity index (χ2v) is 7.92. The molecular weight excluding hydrogens is 383 g/mol. The van der Waals surface area contributed by atoms with Gasteiger partial charge in [0, 0.05) is 13.1 Å². The van der Waals surface area contributed by atoms with Gasteiger partial charge in [-0.05, 0) is 74.5 Å². The maximum atomic E-state index is 11.9. The third kappa shape index (κ3) is 6.39. The minimum Gasteiger partial charge on any atom is -0.474 e. The number of hydrogen-bond donors (Lipinski definition) is 1. The monoisotopic (exact) mass is 412 g/mol. The van der Waals surface area contributed by atoms with Crippen LogP contribution in [0, 0.1) is 11.7 Å². The molecule has 6 rings (SSSR count). The Bertz CT molecular complexity index is 812. The number of rotatable bonds is 0.